The minimum atomic E-state index is -0.122. The summed E-state index contributed by atoms with van der Waals surface area (Å²) in [6, 6.07) is 1.07. The summed E-state index contributed by atoms with van der Waals surface area (Å²) < 4.78 is 15.3. The van der Waals surface area contributed by atoms with Crippen LogP contribution in [-0.2, 0) is 29.0 Å². The van der Waals surface area contributed by atoms with Crippen molar-refractivity contribution in [2.75, 3.05) is 41.8 Å². The summed E-state index contributed by atoms with van der Waals surface area (Å²) in [6.45, 7) is 34.4. The molecule has 4 saturated heterocycles. The van der Waals surface area contributed by atoms with Gasteiger partial charge >= 0.3 is 19.5 Å². The second kappa shape index (κ2) is 24.1. The van der Waals surface area contributed by atoms with Crippen LogP contribution in [0, 0.1) is 94.7 Å². The van der Waals surface area contributed by atoms with Gasteiger partial charge in [-0.2, -0.15) is 13.8 Å². The van der Waals surface area contributed by atoms with Crippen LogP contribution >= 0.6 is 57.4 Å². The first kappa shape index (κ1) is 62.3. The number of fused-ring (bicyclic) bond motifs is 12. The summed E-state index contributed by atoms with van der Waals surface area (Å²) in [6.07, 6.45) is 25.9. The average Bonchev–Trinajstić information content (AvgIpc) is 3.69. The molecule has 3 spiro atoms. The van der Waals surface area contributed by atoms with E-state index in [0.717, 1.165) is 86.6 Å². The van der Waals surface area contributed by atoms with Crippen molar-refractivity contribution in [1.82, 2.24) is 9.80 Å². The molecule has 422 valence electrons. The maximum atomic E-state index is 10.4. The number of rotatable bonds is 4. The van der Waals surface area contributed by atoms with Crippen LogP contribution in [0.25, 0.3) is 0 Å². The fourth-order valence-electron chi connectivity index (χ4n) is 21.7. The predicted octanol–water partition coefficient (Wildman–Crippen LogP) is 15.3. The second-order valence-corrected chi connectivity index (χ2v) is 30.1. The monoisotopic (exact) mass is 1260 g/mol. The number of allylic oxidation sites excluding steroid dienone is 3. The Kier molecular flexibility index (Phi) is 20.0. The number of ether oxygens (including phenoxy) is 2. The zero-order valence-electron chi connectivity index (χ0n) is 48.6. The summed E-state index contributed by atoms with van der Waals surface area (Å²) in [5.41, 5.74) is 7.97. The molecule has 6 saturated carbocycles. The van der Waals surface area contributed by atoms with E-state index < -0.39 is 0 Å². The third kappa shape index (κ3) is 9.86. The van der Waals surface area contributed by atoms with Crippen LogP contribution in [-0.4, -0.2) is 110 Å². The summed E-state index contributed by atoms with van der Waals surface area (Å²) >= 11 is 19.6. The van der Waals surface area contributed by atoms with Crippen LogP contribution in [0.4, 0.5) is 0 Å². The van der Waals surface area contributed by atoms with Crippen LogP contribution in [0.5, 0.6) is 0 Å². The molecule has 4 heterocycles. The van der Waals surface area contributed by atoms with Gasteiger partial charge < -0.3 is 33.5 Å². The average molecular weight is 1260 g/mol. The molecule has 13 rings (SSSR count). The minimum Gasteiger partial charge on any atom is -0.393 e. The molecular formula is C64H102Cl3IN2O4Zn. The quantitative estimate of drug-likeness (QED) is 0.0961. The van der Waals surface area contributed by atoms with Gasteiger partial charge in [0.15, 0.2) is 0 Å². The van der Waals surface area contributed by atoms with Crippen LogP contribution in [0.15, 0.2) is 34.4 Å². The smallest absolute Gasteiger partial charge is 0.393 e. The Morgan fingerprint density at radius 3 is 1.76 bits per heavy atom. The SMILES string of the molecule is CC1=C2C[C@H]3C(CC=C4C[C@@H](O)CC[C@@]43C)[C@@H]2CC[C@]12O[C@@H]1C[C@H](C)CN(CCCl)[C@H]1[C@H]2C.C[C@H]1C[C@H]2O[C@]3(CC[C@H]4C5CC=C6C[C@@H](O)CC[C@]6(C)[C@H]5CC45C[C@]53C)[C@H](C)[C@@H]2N(CCCl)C1.ClCI.[CH2-]C.[CH2-]C.[Zn+2]. The fraction of sp³-hybridized carbons (Fsp3) is 0.875. The molecule has 11 heteroatoms. The van der Waals surface area contributed by atoms with Crippen molar-refractivity contribution in [3.05, 3.63) is 48.3 Å². The summed E-state index contributed by atoms with van der Waals surface area (Å²) in [4.78, 5) is 5.36. The minimum absolute atomic E-state index is 0. The standard InChI is InChI=1S/C30H46ClNO2.C29H44ClNO2.2C2H5.CH2ClI.Zn/c1-18-13-25-26(32(16-18)12-11-31)19(2)30(34-25)10-8-23-22-6-5-20-14-21(33)7-9-27(20,3)24(22)15-29(23)17-28(29,30)4;1-17-13-26-27(31(16-17)12-11-30)19(3)29(33-26)10-8-22-23-6-5-20-14-21(32)7-9-28(20,4)25(23)15-24(22)18(29)2;2*1-2;2-1-3;/h5,18-19,21-26,33H,6-17H2,1-4H3;5,17,19,21-23,25-27,32H,6-16H2,1-4H3;2*1H2,2H3;1H2;/q;;2*-1;;+2/t18-,19+,21-,22?,23-,24-,25+,26-,27-,28+,29?,30+;17-,19+,21-,22-,23?,25-,26+,27-,28-,29-;;;;/m00..../s1. The van der Waals surface area contributed by atoms with Crippen molar-refractivity contribution in [2.24, 2.45) is 80.8 Å². The number of hydrogen-bond donors (Lipinski definition) is 2. The van der Waals surface area contributed by atoms with Crippen molar-refractivity contribution < 1.29 is 39.2 Å². The number of hydrogen-bond acceptors (Lipinski definition) is 6. The normalized spacial score (nSPS) is 50.4. The molecule has 0 aromatic heterocycles. The second-order valence-electron chi connectivity index (χ2n) is 27.4. The molecular weight excluding hydrogens is 1160 g/mol. The molecule has 0 bridgehead atoms. The van der Waals surface area contributed by atoms with Gasteiger partial charge in [0.05, 0.1) is 39.5 Å². The Labute approximate surface area is 499 Å². The van der Waals surface area contributed by atoms with Crippen LogP contribution in [0.1, 0.15) is 178 Å². The van der Waals surface area contributed by atoms with Crippen molar-refractivity contribution in [3.8, 4) is 0 Å². The molecule has 6 nitrogen and oxygen atoms in total. The zero-order chi connectivity index (χ0) is 53.5. The number of aliphatic hydroxyl groups is 2. The van der Waals surface area contributed by atoms with E-state index in [1.807, 2.05) is 0 Å². The van der Waals surface area contributed by atoms with Gasteiger partial charge in [-0.15, -0.1) is 34.8 Å². The van der Waals surface area contributed by atoms with E-state index in [1.165, 1.54) is 90.1 Å². The van der Waals surface area contributed by atoms with Crippen LogP contribution in [0.3, 0.4) is 0 Å². The van der Waals surface area contributed by atoms with E-state index in [2.05, 4.69) is 114 Å². The topological polar surface area (TPSA) is 65.4 Å². The number of likely N-dealkylation sites (tertiary alicyclic amines) is 2. The largest absolute Gasteiger partial charge is 2.00 e. The van der Waals surface area contributed by atoms with E-state index >= 15 is 0 Å². The first-order chi connectivity index (χ1) is 35.4. The van der Waals surface area contributed by atoms with Crippen molar-refractivity contribution >= 4 is 57.4 Å². The third-order valence-corrected chi connectivity index (χ3v) is 25.1. The molecule has 75 heavy (non-hydrogen) atoms. The summed E-state index contributed by atoms with van der Waals surface area (Å²) in [5, 5.41) is 20.7. The molecule has 0 radical (unpaired) electrons. The molecule has 2 N–H and O–H groups in total. The molecule has 0 aromatic carbocycles. The van der Waals surface area contributed by atoms with Gasteiger partial charge in [0.25, 0.3) is 0 Å². The number of alkyl halides is 4. The molecule has 0 amide bonds. The first-order valence-corrected chi connectivity index (χ1v) is 33.5. The fourth-order valence-corrected chi connectivity index (χ4v) is 22.1. The van der Waals surface area contributed by atoms with Crippen molar-refractivity contribution in [1.29, 1.82) is 0 Å². The number of nitrogens with zero attached hydrogens (tertiary/aromatic N) is 2. The van der Waals surface area contributed by atoms with E-state index in [9.17, 15) is 10.2 Å². The van der Waals surface area contributed by atoms with Gasteiger partial charge in [0, 0.05) is 67.3 Å². The van der Waals surface area contributed by atoms with Crippen molar-refractivity contribution in [3.63, 3.8) is 0 Å². The van der Waals surface area contributed by atoms with Gasteiger partial charge in [-0.05, 0) is 185 Å². The van der Waals surface area contributed by atoms with Gasteiger partial charge in [-0.1, -0.05) is 99.9 Å². The Balaban J connectivity index is 0.000000176. The van der Waals surface area contributed by atoms with Gasteiger partial charge in [0.1, 0.15) is 0 Å². The number of halogens is 4. The van der Waals surface area contributed by atoms with E-state index in [-0.39, 0.29) is 42.9 Å². The maximum absolute atomic E-state index is 10.4. The summed E-state index contributed by atoms with van der Waals surface area (Å²) in [7, 11) is 0. The molecule has 0 aromatic rings. The predicted molar refractivity (Wildman–Crippen MR) is 318 cm³/mol. The van der Waals surface area contributed by atoms with Crippen LogP contribution < -0.4 is 0 Å². The van der Waals surface area contributed by atoms with E-state index in [4.69, 9.17) is 44.3 Å². The Morgan fingerprint density at radius 2 is 1.20 bits per heavy atom. The maximum Gasteiger partial charge on any atom is 2.00 e. The zero-order valence-corrected chi connectivity index (χ0v) is 56.0. The van der Waals surface area contributed by atoms with E-state index in [1.54, 1.807) is 36.1 Å². The molecule has 22 atom stereocenters. The van der Waals surface area contributed by atoms with E-state index in [0.29, 0.717) is 79.4 Å². The number of aliphatic hydroxyl groups excluding tert-OH is 2. The Hall–Kier alpha value is 1.20. The van der Waals surface area contributed by atoms with Gasteiger partial charge in [0.2, 0.25) is 0 Å². The molecule has 10 fully saturated rings. The third-order valence-electron chi connectivity index (χ3n) is 24.8. The first-order valence-electron chi connectivity index (χ1n) is 30.3. The molecule has 4 aliphatic heterocycles. The Morgan fingerprint density at radius 1 is 0.680 bits per heavy atom. The molecule has 3 unspecified atom stereocenters. The summed E-state index contributed by atoms with van der Waals surface area (Å²) in [5.74, 6) is 8.79. The molecule has 9 aliphatic carbocycles. The van der Waals surface area contributed by atoms with Gasteiger partial charge in [-0.3, -0.25) is 9.80 Å². The van der Waals surface area contributed by atoms with Gasteiger partial charge in [-0.25, -0.2) is 0 Å². The van der Waals surface area contributed by atoms with Crippen LogP contribution in [0.2, 0.25) is 0 Å². The molecule has 13 aliphatic rings. The van der Waals surface area contributed by atoms with Crippen molar-refractivity contribution in [2.45, 2.75) is 226 Å². The number of piperidine rings is 2. The Bertz CT molecular complexity index is 2100.